The van der Waals surface area contributed by atoms with Crippen LogP contribution in [0, 0.1) is 0 Å². The first kappa shape index (κ1) is 14.3. The van der Waals surface area contributed by atoms with Gasteiger partial charge in [-0.05, 0) is 35.1 Å². The maximum Gasteiger partial charge on any atom is 0.338 e. The zero-order valence-corrected chi connectivity index (χ0v) is 12.4. The molecule has 2 rings (SSSR count). The van der Waals surface area contributed by atoms with E-state index in [0.717, 1.165) is 10.8 Å². The van der Waals surface area contributed by atoms with Gasteiger partial charge in [-0.3, -0.25) is 0 Å². The molecule has 0 fully saturated rings. The van der Waals surface area contributed by atoms with Crippen LogP contribution in [0.5, 0.6) is 5.75 Å². The first-order valence-electron chi connectivity index (χ1n) is 6.03. The van der Waals surface area contributed by atoms with Gasteiger partial charge in [-0.2, -0.15) is 0 Å². The molecular weight excluding hydrogens is 274 g/mol. The second-order valence-corrected chi connectivity index (χ2v) is 4.80. The molecule has 0 aliphatic heterocycles. The van der Waals surface area contributed by atoms with Gasteiger partial charge in [0.25, 0.3) is 5.17 Å². The number of methoxy groups -OCH3 is 1. The van der Waals surface area contributed by atoms with E-state index in [1.54, 1.807) is 25.1 Å². The van der Waals surface area contributed by atoms with Crippen molar-refractivity contribution in [3.63, 3.8) is 0 Å². The van der Waals surface area contributed by atoms with E-state index in [-0.39, 0.29) is 0 Å². The highest BCUT2D eigenvalue weighted by Crippen LogP contribution is 2.26. The van der Waals surface area contributed by atoms with Gasteiger partial charge in [-0.15, -0.1) is 0 Å². The molecule has 0 heterocycles. The lowest BCUT2D eigenvalue weighted by Gasteiger charge is -2.15. The highest BCUT2D eigenvalue weighted by Gasteiger charge is 2.13. The van der Waals surface area contributed by atoms with E-state index in [1.807, 2.05) is 30.3 Å². The lowest BCUT2D eigenvalue weighted by Crippen LogP contribution is -2.25. The van der Waals surface area contributed by atoms with Crippen molar-refractivity contribution >= 4 is 34.1 Å². The van der Waals surface area contributed by atoms with Gasteiger partial charge in [0, 0.05) is 14.1 Å². The molecule has 0 saturated carbocycles. The molecule has 0 atom stereocenters. The van der Waals surface area contributed by atoms with E-state index < -0.39 is 5.97 Å². The maximum atomic E-state index is 11.9. The van der Waals surface area contributed by atoms with Crippen LogP contribution >= 0.6 is 12.2 Å². The predicted molar refractivity (Wildman–Crippen MR) is 82.2 cm³/mol. The molecule has 2 aromatic rings. The van der Waals surface area contributed by atoms with Crippen LogP contribution in [0.15, 0.2) is 36.4 Å². The zero-order valence-electron chi connectivity index (χ0n) is 11.5. The summed E-state index contributed by atoms with van der Waals surface area (Å²) in [6.07, 6.45) is 0. The van der Waals surface area contributed by atoms with Crippen molar-refractivity contribution in [2.75, 3.05) is 21.2 Å². The number of hydrogen-bond donors (Lipinski definition) is 0. The molecule has 0 spiro atoms. The van der Waals surface area contributed by atoms with Crippen molar-refractivity contribution in [3.8, 4) is 5.75 Å². The normalized spacial score (nSPS) is 10.2. The van der Waals surface area contributed by atoms with Crippen LogP contribution in [0.4, 0.5) is 0 Å². The summed E-state index contributed by atoms with van der Waals surface area (Å²) in [5.41, 5.74) is 0.460. The lowest BCUT2D eigenvalue weighted by molar-refractivity contribution is 0.0602. The molecular formula is C15H15NO3S. The van der Waals surface area contributed by atoms with Crippen LogP contribution in [-0.2, 0) is 4.74 Å². The van der Waals surface area contributed by atoms with Crippen LogP contribution in [0.1, 0.15) is 10.4 Å². The lowest BCUT2D eigenvalue weighted by atomic mass is 10.0. The van der Waals surface area contributed by atoms with Gasteiger partial charge in [-0.1, -0.05) is 24.3 Å². The minimum atomic E-state index is -0.401. The molecule has 0 bridgehead atoms. The monoisotopic (exact) mass is 289 g/mol. The van der Waals surface area contributed by atoms with Crippen LogP contribution < -0.4 is 4.74 Å². The number of esters is 1. The molecule has 0 aliphatic carbocycles. The SMILES string of the molecule is COC(=O)c1cc(OC(=S)N(C)C)cc2ccccc12. The minimum absolute atomic E-state index is 0.330. The van der Waals surface area contributed by atoms with E-state index >= 15 is 0 Å². The summed E-state index contributed by atoms with van der Waals surface area (Å²) in [6, 6.07) is 11.0. The summed E-state index contributed by atoms with van der Waals surface area (Å²) < 4.78 is 10.4. The number of carbonyl (C=O) groups is 1. The number of nitrogens with zero attached hydrogens (tertiary/aromatic N) is 1. The Bertz CT molecular complexity index is 667. The van der Waals surface area contributed by atoms with Gasteiger partial charge in [0.2, 0.25) is 0 Å². The molecule has 20 heavy (non-hydrogen) atoms. The summed E-state index contributed by atoms with van der Waals surface area (Å²) in [7, 11) is 4.95. The smallest absolute Gasteiger partial charge is 0.338 e. The molecule has 0 aromatic heterocycles. The third-order valence-corrected chi connectivity index (χ3v) is 3.26. The number of benzene rings is 2. The molecule has 0 N–H and O–H groups in total. The summed E-state index contributed by atoms with van der Waals surface area (Å²) in [5, 5.41) is 2.05. The highest BCUT2D eigenvalue weighted by molar-refractivity contribution is 7.80. The number of hydrogen-bond acceptors (Lipinski definition) is 4. The second kappa shape index (κ2) is 5.88. The van der Waals surface area contributed by atoms with Crippen molar-refractivity contribution in [2.24, 2.45) is 0 Å². The first-order valence-corrected chi connectivity index (χ1v) is 6.44. The Kier molecular flexibility index (Phi) is 4.20. The van der Waals surface area contributed by atoms with Gasteiger partial charge in [0.15, 0.2) is 0 Å². The minimum Gasteiger partial charge on any atom is -0.465 e. The van der Waals surface area contributed by atoms with E-state index in [1.165, 1.54) is 7.11 Å². The summed E-state index contributed by atoms with van der Waals surface area (Å²) in [4.78, 5) is 13.6. The van der Waals surface area contributed by atoms with Gasteiger partial charge >= 0.3 is 5.97 Å². The number of ether oxygens (including phenoxy) is 2. The van der Waals surface area contributed by atoms with Gasteiger partial charge < -0.3 is 14.4 Å². The van der Waals surface area contributed by atoms with Crippen LogP contribution in [0.2, 0.25) is 0 Å². The number of carbonyl (C=O) groups excluding carboxylic acids is 1. The van der Waals surface area contributed by atoms with Gasteiger partial charge in [0.1, 0.15) is 5.75 Å². The Morgan fingerprint density at radius 1 is 1.20 bits per heavy atom. The summed E-state index contributed by atoms with van der Waals surface area (Å²) >= 11 is 5.11. The number of fused-ring (bicyclic) bond motifs is 1. The van der Waals surface area contributed by atoms with Gasteiger partial charge in [-0.25, -0.2) is 4.79 Å². The molecule has 0 amide bonds. The van der Waals surface area contributed by atoms with Crippen molar-refractivity contribution in [2.45, 2.75) is 0 Å². The third kappa shape index (κ3) is 2.88. The van der Waals surface area contributed by atoms with Crippen molar-refractivity contribution < 1.29 is 14.3 Å². The quantitative estimate of drug-likeness (QED) is 0.628. The Morgan fingerprint density at radius 2 is 1.90 bits per heavy atom. The van der Waals surface area contributed by atoms with Gasteiger partial charge in [0.05, 0.1) is 12.7 Å². The fourth-order valence-electron chi connectivity index (χ4n) is 1.81. The average molecular weight is 289 g/mol. The highest BCUT2D eigenvalue weighted by atomic mass is 32.1. The Balaban J connectivity index is 2.52. The van der Waals surface area contributed by atoms with Crippen LogP contribution in [0.25, 0.3) is 10.8 Å². The standard InChI is InChI=1S/C15H15NO3S/c1-16(2)15(20)19-11-8-10-6-4-5-7-12(10)13(9-11)14(17)18-3/h4-9H,1-3H3. The Labute approximate surface area is 122 Å². The van der Waals surface area contributed by atoms with Crippen molar-refractivity contribution in [1.29, 1.82) is 0 Å². The molecule has 5 heteroatoms. The molecule has 0 unspecified atom stereocenters. The van der Waals surface area contributed by atoms with E-state index in [0.29, 0.717) is 16.5 Å². The van der Waals surface area contributed by atoms with Crippen molar-refractivity contribution in [1.82, 2.24) is 4.90 Å². The molecule has 2 aromatic carbocycles. The van der Waals surface area contributed by atoms with Crippen molar-refractivity contribution in [3.05, 3.63) is 42.0 Å². The molecule has 0 aliphatic rings. The molecule has 0 saturated heterocycles. The Hall–Kier alpha value is -2.14. The summed E-state index contributed by atoms with van der Waals surface area (Å²) in [5.74, 6) is 0.116. The van der Waals surface area contributed by atoms with E-state index in [4.69, 9.17) is 21.7 Å². The van der Waals surface area contributed by atoms with Crippen LogP contribution in [-0.4, -0.2) is 37.2 Å². The molecule has 4 nitrogen and oxygen atoms in total. The molecule has 104 valence electrons. The zero-order chi connectivity index (χ0) is 14.7. The first-order chi connectivity index (χ1) is 9.52. The van der Waals surface area contributed by atoms with E-state index in [9.17, 15) is 4.79 Å². The fourth-order valence-corrected chi connectivity index (χ4v) is 1.91. The fraction of sp³-hybridized carbons (Fsp3) is 0.200. The molecule has 0 radical (unpaired) electrons. The summed E-state index contributed by atoms with van der Waals surface area (Å²) in [6.45, 7) is 0. The second-order valence-electron chi connectivity index (χ2n) is 4.45. The Morgan fingerprint density at radius 3 is 2.55 bits per heavy atom. The maximum absolute atomic E-state index is 11.9. The number of rotatable bonds is 2. The largest absolute Gasteiger partial charge is 0.465 e. The van der Waals surface area contributed by atoms with Crippen LogP contribution in [0.3, 0.4) is 0 Å². The number of thiocarbonyl (C=S) groups is 1. The third-order valence-electron chi connectivity index (χ3n) is 2.81. The average Bonchev–Trinajstić information content (AvgIpc) is 2.45. The van der Waals surface area contributed by atoms with E-state index in [2.05, 4.69) is 0 Å². The topological polar surface area (TPSA) is 38.8 Å². The predicted octanol–water partition coefficient (Wildman–Crippen LogP) is 2.85.